The van der Waals surface area contributed by atoms with Crippen LogP contribution in [0.2, 0.25) is 0 Å². The Morgan fingerprint density at radius 1 is 0.255 bits per heavy atom. The van der Waals surface area contributed by atoms with Gasteiger partial charge in [-0.1, -0.05) is 0 Å². The van der Waals surface area contributed by atoms with Gasteiger partial charge < -0.3 is 185 Å². The van der Waals surface area contributed by atoms with Gasteiger partial charge in [-0.2, -0.15) is 0 Å². The highest BCUT2D eigenvalue weighted by Gasteiger charge is 2.58. The maximum absolute atomic E-state index is 16.9. The molecule has 5 aliphatic rings. The number of esters is 9. The fraction of sp³-hybridized carbons (Fsp3) is 0.376. The summed E-state index contributed by atoms with van der Waals surface area (Å²) in [5.74, 6) is -20.4. The molecule has 48 nitrogen and oxygen atoms in total. The maximum Gasteiger partial charge on any atom is 0.342 e. The van der Waals surface area contributed by atoms with Crippen molar-refractivity contribution in [1.82, 2.24) is 0 Å². The van der Waals surface area contributed by atoms with E-state index in [1.165, 1.54) is 199 Å². The van der Waals surface area contributed by atoms with Crippen LogP contribution in [-0.4, -0.2) is 313 Å². The Labute approximate surface area is 849 Å². The largest absolute Gasteiger partial charge is 0.493 e. The second-order valence-electron chi connectivity index (χ2n) is 31.5. The Morgan fingerprint density at radius 3 is 0.953 bits per heavy atom. The van der Waals surface area contributed by atoms with Gasteiger partial charge in [0.2, 0.25) is 75.6 Å². The second-order valence-corrected chi connectivity index (χ2v) is 31.5. The second kappa shape index (κ2) is 46.0. The molecule has 2 bridgehead atoms. The Kier molecular flexibility index (Phi) is 33.1. The molecule has 149 heavy (non-hydrogen) atoms. The molecule has 9 aromatic carbocycles. The van der Waals surface area contributed by atoms with Crippen molar-refractivity contribution >= 4 is 53.7 Å². The van der Waals surface area contributed by atoms with E-state index in [2.05, 4.69) is 0 Å². The Hall–Kier alpha value is -17.3. The zero-order valence-corrected chi connectivity index (χ0v) is 85.2. The van der Waals surface area contributed by atoms with Crippen LogP contribution in [0.15, 0.2) is 72.8 Å². The van der Waals surface area contributed by atoms with E-state index in [0.717, 1.165) is 58.8 Å². The predicted octanol–water partition coefficient (Wildman–Crippen LogP) is 11.4. The summed E-state index contributed by atoms with van der Waals surface area (Å²) in [5, 5.41) is 0. The number of cyclic esters (lactones) is 2. The molecular weight excluding hydrogens is 1980 g/mol. The first kappa shape index (κ1) is 107. The number of rotatable bonds is 34. The number of methoxy groups -OCH3 is 26. The quantitative estimate of drug-likeness (QED) is 0.0267. The van der Waals surface area contributed by atoms with Crippen molar-refractivity contribution in [3.63, 3.8) is 0 Å². The van der Waals surface area contributed by atoms with Crippen LogP contribution >= 0.6 is 0 Å². The van der Waals surface area contributed by atoms with Crippen LogP contribution in [0.1, 0.15) is 93.2 Å². The summed E-state index contributed by atoms with van der Waals surface area (Å²) >= 11 is 0. The van der Waals surface area contributed by atoms with E-state index in [0.29, 0.717) is 0 Å². The molecule has 14 rings (SSSR count). The molecule has 2 saturated heterocycles. The van der Waals surface area contributed by atoms with Gasteiger partial charge in [-0.15, -0.1) is 0 Å². The lowest BCUT2D eigenvalue weighted by molar-refractivity contribution is -0.291. The van der Waals surface area contributed by atoms with Crippen LogP contribution in [0, 0.1) is 0 Å². The molecule has 0 saturated carbocycles. The third-order valence-electron chi connectivity index (χ3n) is 24.2. The van der Waals surface area contributed by atoms with Gasteiger partial charge >= 0.3 is 53.7 Å². The summed E-state index contributed by atoms with van der Waals surface area (Å²) in [6.45, 7) is -2.00. The number of fused-ring (bicyclic) bond motifs is 12. The van der Waals surface area contributed by atoms with E-state index in [9.17, 15) is 0 Å². The fourth-order valence-electron chi connectivity index (χ4n) is 17.6. The molecule has 0 radical (unpaired) electrons. The summed E-state index contributed by atoms with van der Waals surface area (Å²) < 4.78 is 238. The zero-order chi connectivity index (χ0) is 108. The fourth-order valence-corrected chi connectivity index (χ4v) is 17.6. The first-order valence-corrected chi connectivity index (χ1v) is 44.3. The SMILES string of the molecule is COc1cc(C(=O)O[C@@H]2[C@H]3OC(=O)c4cc(Oc5c(C(=O)O[C@H]6[C@@H](OC)O[C@@H]7COC(=O)c8cc(OC)c(OC)c(OC)c8-c8c(cc(OC)c(OC)c8OC)C(=O)O[C@H]7[C@@H]6OC(=O)c6cc(OC)c(OC)c(OC)c6)cc(OC)c(OC)c5OC)c(OC)c(OC)c4Oc4cc(cc(OC)c4OC)C(=O)O[C@@H]3O[C@@H]3COC(=O)c4cc(OC)c(OC)c(OC)c4-c4c(cc(OC)c(OC)c4OC)C(=O)O[C@@H]23)cc(OC)c1OC. The number of benzene rings is 9. The Morgan fingerprint density at radius 2 is 0.570 bits per heavy atom. The van der Waals surface area contributed by atoms with Crippen molar-refractivity contribution < 1.29 is 228 Å². The van der Waals surface area contributed by atoms with E-state index < -0.39 is 208 Å². The summed E-state index contributed by atoms with van der Waals surface area (Å²) in [6, 6.07) is 13.7. The average Bonchev–Trinajstić information content (AvgIpc) is 1.70. The third-order valence-corrected chi connectivity index (χ3v) is 24.2. The Balaban J connectivity index is 0.972. The monoisotopic (exact) mass is 2080 g/mol. The molecule has 0 N–H and O–H groups in total. The topological polar surface area (TPSA) is 514 Å². The van der Waals surface area contributed by atoms with Gasteiger partial charge in [0.25, 0.3) is 0 Å². The van der Waals surface area contributed by atoms with Crippen LogP contribution in [-0.2, 0) is 56.8 Å². The minimum Gasteiger partial charge on any atom is -0.493 e. The summed E-state index contributed by atoms with van der Waals surface area (Å²) in [7, 11) is 31.7. The Bertz CT molecular complexity index is 6630. The lowest BCUT2D eigenvalue weighted by atomic mass is 9.91. The molecule has 0 unspecified atom stereocenters. The smallest absolute Gasteiger partial charge is 0.342 e. The van der Waals surface area contributed by atoms with Gasteiger partial charge in [0.15, 0.2) is 140 Å². The van der Waals surface area contributed by atoms with Gasteiger partial charge in [-0.25, -0.2) is 43.2 Å². The first-order valence-electron chi connectivity index (χ1n) is 44.3. The van der Waals surface area contributed by atoms with Crippen LogP contribution in [0.3, 0.4) is 0 Å². The number of hydrogen-bond donors (Lipinski definition) is 0. The van der Waals surface area contributed by atoms with Crippen molar-refractivity contribution in [2.45, 2.75) is 61.4 Å². The van der Waals surface area contributed by atoms with Crippen LogP contribution in [0.4, 0.5) is 0 Å². The molecular formula is C101H104O48. The third kappa shape index (κ3) is 19.6. The van der Waals surface area contributed by atoms with Gasteiger partial charge in [0.1, 0.15) is 36.5 Å². The van der Waals surface area contributed by atoms with Gasteiger partial charge in [-0.05, 0) is 60.7 Å². The highest BCUT2D eigenvalue weighted by molar-refractivity contribution is 6.11. The van der Waals surface area contributed by atoms with E-state index in [4.69, 9.17) is 185 Å². The van der Waals surface area contributed by atoms with E-state index >= 15 is 43.2 Å². The van der Waals surface area contributed by atoms with Gasteiger partial charge in [0.05, 0.1) is 217 Å². The molecule has 0 aliphatic carbocycles. The van der Waals surface area contributed by atoms with Crippen LogP contribution in [0.5, 0.6) is 167 Å². The molecule has 0 spiro atoms. The minimum atomic E-state index is -2.50. The van der Waals surface area contributed by atoms with E-state index in [1.54, 1.807) is 0 Å². The average molecular weight is 2090 g/mol. The molecule has 9 aromatic rings. The van der Waals surface area contributed by atoms with Crippen LogP contribution < -0.4 is 128 Å². The summed E-state index contributed by atoms with van der Waals surface area (Å²) in [4.78, 5) is 144. The molecule has 10 atom stereocenters. The van der Waals surface area contributed by atoms with Gasteiger partial charge in [0, 0.05) is 41.5 Å². The number of carbonyl (C=O) groups excluding carboxylic acids is 9. The van der Waals surface area contributed by atoms with Crippen molar-refractivity contribution in [1.29, 1.82) is 0 Å². The minimum absolute atomic E-state index is 0.0151. The molecule has 796 valence electrons. The molecule has 5 aliphatic heterocycles. The van der Waals surface area contributed by atoms with Crippen molar-refractivity contribution in [3.05, 3.63) is 123 Å². The van der Waals surface area contributed by atoms with Crippen molar-refractivity contribution in [3.8, 4) is 189 Å². The van der Waals surface area contributed by atoms with Crippen molar-refractivity contribution in [2.75, 3.05) is 198 Å². The molecule has 2 fully saturated rings. The summed E-state index contributed by atoms with van der Waals surface area (Å²) in [6.07, 6.45) is -22.2. The normalized spacial score (nSPS) is 18.5. The number of hydrogen-bond acceptors (Lipinski definition) is 48. The highest BCUT2D eigenvalue weighted by Crippen LogP contribution is 2.61. The molecule has 0 aromatic heterocycles. The van der Waals surface area contributed by atoms with Crippen LogP contribution in [0.25, 0.3) is 22.3 Å². The first-order chi connectivity index (χ1) is 71.9. The zero-order valence-electron chi connectivity index (χ0n) is 85.2. The molecule has 0 amide bonds. The maximum atomic E-state index is 16.9. The molecule has 5 heterocycles. The molecule has 48 heteroatoms. The summed E-state index contributed by atoms with van der Waals surface area (Å²) in [5.41, 5.74) is -5.68. The predicted molar refractivity (Wildman–Crippen MR) is 505 cm³/mol. The van der Waals surface area contributed by atoms with Crippen molar-refractivity contribution in [2.24, 2.45) is 0 Å². The lowest BCUT2D eigenvalue weighted by Crippen LogP contribution is -2.63. The van der Waals surface area contributed by atoms with Gasteiger partial charge in [-0.3, -0.25) is 0 Å². The standard InChI is InChI=1S/C101H104O48/c1-111-50-27-41(28-51(112-2)70(50)121-11)91(102)145-87-79-62(39-137-94(105)44-33-55(116-6)73(124-14)81(130-20)64(44)66-46(96(107)143-79)35-57(118-8)75(126-16)83(66)132-22)141-100(136-26)89(87)147-98(109)48-37-59(120-10)77(128-18)85(134-24)68(48)140-61-38-49-69(86(135-25)78(61)129-19)139-60-32-43(31-54(115-5)72(60)123-13)93(104)149-101-90(148-99(49)110)88(146-92(103)42-29-52(113-3)71(122-12)53(30-42)114-4)80-63(142-101)40-138-95(106)45-34-56(117-7)74(125-15)82(131-21)65(45)67-47(97(108)144-80)36-58(119-9)76(127-17)84(67)133-23/h27-38,62-63,79-80,87-90,100-101H,39-40H2,1-26H3/t62-,63-,79-,80-,87+,88+,89-,90-,100+,101+/m1/s1. The van der Waals surface area contributed by atoms with E-state index in [-0.39, 0.29) is 160 Å². The number of carbonyl (C=O) groups is 9. The lowest BCUT2D eigenvalue weighted by Gasteiger charge is -2.44. The van der Waals surface area contributed by atoms with E-state index in [1.807, 2.05) is 0 Å². The number of ether oxygens (including phenoxy) is 39. The highest BCUT2D eigenvalue weighted by atomic mass is 16.8.